The molecule has 1 fully saturated rings. The van der Waals surface area contributed by atoms with Gasteiger partial charge in [-0.25, -0.2) is 12.8 Å². The quantitative estimate of drug-likeness (QED) is 0.871. The highest BCUT2D eigenvalue weighted by atomic mass is 35.5. The first-order valence-electron chi connectivity index (χ1n) is 6.57. The number of hydrogen-bond acceptors (Lipinski definition) is 3. The maximum absolute atomic E-state index is 14.1. The lowest BCUT2D eigenvalue weighted by atomic mass is 10.2. The van der Waals surface area contributed by atoms with E-state index in [2.05, 4.69) is 0 Å². The number of nitrogens with two attached hydrogens (primary N) is 1. The zero-order chi connectivity index (χ0) is 15.1. The summed E-state index contributed by atoms with van der Waals surface area (Å²) in [6.07, 6.45) is 2.26. The summed E-state index contributed by atoms with van der Waals surface area (Å²) in [4.78, 5) is -0.435. The van der Waals surface area contributed by atoms with Gasteiger partial charge in [0.05, 0.1) is 5.69 Å². The molecule has 1 saturated heterocycles. The van der Waals surface area contributed by atoms with E-state index < -0.39 is 20.7 Å². The monoisotopic (exact) mass is 320 g/mol. The maximum Gasteiger partial charge on any atom is 0.246 e. The van der Waals surface area contributed by atoms with Gasteiger partial charge in [-0.2, -0.15) is 4.31 Å². The van der Waals surface area contributed by atoms with Crippen molar-refractivity contribution in [3.63, 3.8) is 0 Å². The van der Waals surface area contributed by atoms with E-state index in [-0.39, 0.29) is 22.8 Å². The summed E-state index contributed by atoms with van der Waals surface area (Å²) >= 11 is 5.81. The molecule has 0 saturated carbocycles. The second kappa shape index (κ2) is 5.50. The van der Waals surface area contributed by atoms with Crippen LogP contribution in [0.5, 0.6) is 0 Å². The highest BCUT2D eigenvalue weighted by Gasteiger charge is 2.40. The van der Waals surface area contributed by atoms with Gasteiger partial charge in [-0.05, 0) is 38.3 Å². The van der Waals surface area contributed by atoms with Gasteiger partial charge in [0.25, 0.3) is 0 Å². The summed E-state index contributed by atoms with van der Waals surface area (Å²) in [5, 5.41) is 0.113. The van der Waals surface area contributed by atoms with Crippen molar-refractivity contribution in [3.05, 3.63) is 23.0 Å². The highest BCUT2D eigenvalue weighted by molar-refractivity contribution is 7.89. The number of hydrogen-bond donors (Lipinski definition) is 1. The molecule has 112 valence electrons. The number of nitrogens with zero attached hydrogens (tertiary/aromatic N) is 1. The summed E-state index contributed by atoms with van der Waals surface area (Å²) in [5.41, 5.74) is 5.22. The number of anilines is 1. The van der Waals surface area contributed by atoms with Crippen LogP contribution in [0, 0.1) is 5.82 Å². The lowest BCUT2D eigenvalue weighted by molar-refractivity contribution is 0.327. The largest absolute Gasteiger partial charge is 0.396 e. The van der Waals surface area contributed by atoms with Crippen molar-refractivity contribution in [3.8, 4) is 0 Å². The smallest absolute Gasteiger partial charge is 0.246 e. The van der Waals surface area contributed by atoms with E-state index in [0.29, 0.717) is 6.42 Å². The molecule has 0 amide bonds. The van der Waals surface area contributed by atoms with Gasteiger partial charge in [0.2, 0.25) is 10.0 Å². The van der Waals surface area contributed by atoms with E-state index in [0.717, 1.165) is 18.9 Å². The molecule has 2 unspecified atom stereocenters. The molecular weight excluding hydrogens is 303 g/mol. The summed E-state index contributed by atoms with van der Waals surface area (Å²) in [6, 6.07) is 2.08. The Morgan fingerprint density at radius 1 is 1.45 bits per heavy atom. The molecule has 0 bridgehead atoms. The van der Waals surface area contributed by atoms with E-state index in [1.54, 1.807) is 0 Å². The Bertz CT molecular complexity index is 621. The molecule has 2 rings (SSSR count). The van der Waals surface area contributed by atoms with Gasteiger partial charge in [0, 0.05) is 17.1 Å². The number of benzene rings is 1. The molecule has 1 aromatic carbocycles. The summed E-state index contributed by atoms with van der Waals surface area (Å²) in [6.45, 7) is 3.76. The van der Waals surface area contributed by atoms with Crippen LogP contribution in [0.25, 0.3) is 0 Å². The van der Waals surface area contributed by atoms with Crippen LogP contribution in [-0.2, 0) is 10.0 Å². The van der Waals surface area contributed by atoms with E-state index in [1.165, 1.54) is 10.4 Å². The number of halogens is 2. The fourth-order valence-corrected chi connectivity index (χ4v) is 5.12. The number of nitrogen functional groups attached to an aromatic ring is 1. The minimum Gasteiger partial charge on any atom is -0.396 e. The Balaban J connectivity index is 2.55. The number of sulfonamides is 1. The molecule has 7 heteroatoms. The molecule has 0 aromatic heterocycles. The molecule has 0 spiro atoms. The topological polar surface area (TPSA) is 63.4 Å². The predicted molar refractivity (Wildman–Crippen MR) is 77.6 cm³/mol. The van der Waals surface area contributed by atoms with Crippen LogP contribution in [0.1, 0.15) is 33.1 Å². The van der Waals surface area contributed by atoms with E-state index in [1.807, 2.05) is 13.8 Å². The number of rotatable bonds is 3. The molecule has 4 nitrogen and oxygen atoms in total. The Hall–Kier alpha value is -0.850. The predicted octanol–water partition coefficient (Wildman–Crippen LogP) is 3.01. The first kappa shape index (κ1) is 15.5. The fourth-order valence-electron chi connectivity index (χ4n) is 2.75. The van der Waals surface area contributed by atoms with Crippen LogP contribution in [-0.4, -0.2) is 24.8 Å². The Kier molecular flexibility index (Phi) is 4.27. The van der Waals surface area contributed by atoms with Crippen molar-refractivity contribution < 1.29 is 12.8 Å². The van der Waals surface area contributed by atoms with E-state index >= 15 is 0 Å². The minimum atomic E-state index is -3.93. The third kappa shape index (κ3) is 2.52. The molecule has 20 heavy (non-hydrogen) atoms. The molecule has 1 heterocycles. The van der Waals surface area contributed by atoms with Crippen LogP contribution in [0.15, 0.2) is 17.0 Å². The van der Waals surface area contributed by atoms with Gasteiger partial charge < -0.3 is 5.73 Å². The van der Waals surface area contributed by atoms with Gasteiger partial charge >= 0.3 is 0 Å². The first-order valence-corrected chi connectivity index (χ1v) is 8.38. The Labute approximate surface area is 123 Å². The molecule has 2 N–H and O–H groups in total. The average Bonchev–Trinajstić information content (AvgIpc) is 2.75. The molecule has 1 aliphatic rings. The minimum absolute atomic E-state index is 0.102. The van der Waals surface area contributed by atoms with Crippen molar-refractivity contribution in [1.82, 2.24) is 4.31 Å². The lowest BCUT2D eigenvalue weighted by Crippen LogP contribution is -2.40. The molecule has 0 aliphatic carbocycles. The molecule has 2 atom stereocenters. The Morgan fingerprint density at radius 2 is 2.10 bits per heavy atom. The summed E-state index contributed by atoms with van der Waals surface area (Å²) in [7, 11) is -3.93. The summed E-state index contributed by atoms with van der Waals surface area (Å²) in [5.74, 6) is -0.927. The van der Waals surface area contributed by atoms with Gasteiger partial charge in [0.15, 0.2) is 5.82 Å². The normalized spacial score (nSPS) is 24.2. The molecule has 1 aliphatic heterocycles. The molecular formula is C13H18ClFN2O2S. The highest BCUT2D eigenvalue weighted by Crippen LogP contribution is 2.35. The van der Waals surface area contributed by atoms with Crippen molar-refractivity contribution in [2.45, 2.75) is 50.1 Å². The second-order valence-corrected chi connectivity index (χ2v) is 7.38. The van der Waals surface area contributed by atoms with Gasteiger partial charge in [-0.3, -0.25) is 0 Å². The average molecular weight is 321 g/mol. The zero-order valence-electron chi connectivity index (χ0n) is 11.4. The standard InChI is InChI=1S/C13H18ClFN2O2S/c1-3-10-5-4-8(2)17(10)20(18,19)12-7-9(14)6-11(16)13(12)15/h6-8,10H,3-5,16H2,1-2H3. The second-order valence-electron chi connectivity index (χ2n) is 5.13. The van der Waals surface area contributed by atoms with Gasteiger partial charge in [0.1, 0.15) is 4.90 Å². The lowest BCUT2D eigenvalue weighted by Gasteiger charge is -2.27. The van der Waals surface area contributed by atoms with Crippen LogP contribution < -0.4 is 5.73 Å². The van der Waals surface area contributed by atoms with Crippen molar-refractivity contribution >= 4 is 27.3 Å². The van der Waals surface area contributed by atoms with E-state index in [9.17, 15) is 12.8 Å². The molecule has 1 aromatic rings. The van der Waals surface area contributed by atoms with Crippen LogP contribution >= 0.6 is 11.6 Å². The maximum atomic E-state index is 14.1. The van der Waals surface area contributed by atoms with Crippen molar-refractivity contribution in [2.24, 2.45) is 0 Å². The van der Waals surface area contributed by atoms with Gasteiger partial charge in [-0.1, -0.05) is 18.5 Å². The van der Waals surface area contributed by atoms with Gasteiger partial charge in [-0.15, -0.1) is 0 Å². The summed E-state index contributed by atoms with van der Waals surface area (Å²) < 4.78 is 40.9. The fraction of sp³-hybridized carbons (Fsp3) is 0.538. The van der Waals surface area contributed by atoms with Crippen molar-refractivity contribution in [2.75, 3.05) is 5.73 Å². The zero-order valence-corrected chi connectivity index (χ0v) is 13.0. The molecule has 0 radical (unpaired) electrons. The third-order valence-electron chi connectivity index (χ3n) is 3.77. The third-order valence-corrected chi connectivity index (χ3v) is 6.06. The Morgan fingerprint density at radius 3 is 2.70 bits per heavy atom. The van der Waals surface area contributed by atoms with Crippen molar-refractivity contribution in [1.29, 1.82) is 0 Å². The van der Waals surface area contributed by atoms with E-state index in [4.69, 9.17) is 17.3 Å². The van der Waals surface area contributed by atoms with Crippen LogP contribution in [0.2, 0.25) is 5.02 Å². The first-order chi connectivity index (χ1) is 9.28. The SMILES string of the molecule is CCC1CCC(C)N1S(=O)(=O)c1cc(Cl)cc(N)c1F. The van der Waals surface area contributed by atoms with Crippen LogP contribution in [0.4, 0.5) is 10.1 Å². The van der Waals surface area contributed by atoms with Crippen LogP contribution in [0.3, 0.4) is 0 Å².